The molecule has 2 N–H and O–H groups in total. The van der Waals surface area contributed by atoms with Crippen molar-refractivity contribution in [2.45, 2.75) is 45.2 Å². The van der Waals surface area contributed by atoms with Gasteiger partial charge in [0.1, 0.15) is 0 Å². The molecule has 1 amide bonds. The maximum atomic E-state index is 11.0. The largest absolute Gasteiger partial charge is 0.493 e. The number of benzene rings is 1. The number of nitrogens with two attached hydrogens (primary N) is 1. The van der Waals surface area contributed by atoms with Crippen molar-refractivity contribution in [3.05, 3.63) is 45.6 Å². The molecule has 27 heavy (non-hydrogen) atoms. The summed E-state index contributed by atoms with van der Waals surface area (Å²) in [5, 5.41) is 0. The monoisotopic (exact) mass is 388 g/mol. The van der Waals surface area contributed by atoms with Crippen LogP contribution in [0.15, 0.2) is 30.3 Å². The minimum absolute atomic E-state index is 0.151. The number of thiophene rings is 1. The standard InChI is InChI=1S/C21H28N2O3S/c1-15-7-10-20(27-15)17-6-4-3-5-11-23(17)13-16-8-9-18(19(12-16)25-2)26-14-21(22)24/h7-10,12,17H,3-6,11,13-14H2,1-2H3,(H2,22,24)/t17-/m0/s1. The van der Waals surface area contributed by atoms with E-state index in [1.807, 2.05) is 29.5 Å². The summed E-state index contributed by atoms with van der Waals surface area (Å²) in [7, 11) is 1.61. The molecule has 0 spiro atoms. The van der Waals surface area contributed by atoms with Crippen molar-refractivity contribution < 1.29 is 14.3 Å². The van der Waals surface area contributed by atoms with E-state index in [9.17, 15) is 4.79 Å². The summed E-state index contributed by atoms with van der Waals surface area (Å²) in [6.07, 6.45) is 5.01. The summed E-state index contributed by atoms with van der Waals surface area (Å²) < 4.78 is 10.9. The summed E-state index contributed by atoms with van der Waals surface area (Å²) >= 11 is 1.91. The van der Waals surface area contributed by atoms with E-state index in [4.69, 9.17) is 15.2 Å². The molecule has 2 heterocycles. The van der Waals surface area contributed by atoms with Crippen LogP contribution in [0.4, 0.5) is 0 Å². The fourth-order valence-electron chi connectivity index (χ4n) is 3.62. The minimum Gasteiger partial charge on any atom is -0.493 e. The smallest absolute Gasteiger partial charge is 0.255 e. The van der Waals surface area contributed by atoms with E-state index < -0.39 is 5.91 Å². The molecule has 0 unspecified atom stereocenters. The fraction of sp³-hybridized carbons (Fsp3) is 0.476. The van der Waals surface area contributed by atoms with Gasteiger partial charge in [-0.25, -0.2) is 0 Å². The molecule has 6 heteroatoms. The summed E-state index contributed by atoms with van der Waals surface area (Å²) in [6, 6.07) is 10.9. The van der Waals surface area contributed by atoms with Crippen molar-refractivity contribution in [3.8, 4) is 11.5 Å². The van der Waals surface area contributed by atoms with Gasteiger partial charge in [-0.15, -0.1) is 11.3 Å². The lowest BCUT2D eigenvalue weighted by atomic mass is 10.1. The fourth-order valence-corrected chi connectivity index (χ4v) is 4.67. The number of carbonyl (C=O) groups excluding carboxylic acids is 1. The van der Waals surface area contributed by atoms with Crippen molar-refractivity contribution in [2.75, 3.05) is 20.3 Å². The molecular formula is C21H28N2O3S. The first kappa shape index (κ1) is 19.7. The Morgan fingerprint density at radius 1 is 1.22 bits per heavy atom. The highest BCUT2D eigenvalue weighted by Crippen LogP contribution is 2.36. The van der Waals surface area contributed by atoms with Crippen molar-refractivity contribution in [2.24, 2.45) is 5.73 Å². The highest BCUT2D eigenvalue weighted by Gasteiger charge is 2.24. The maximum absolute atomic E-state index is 11.0. The van der Waals surface area contributed by atoms with Crippen LogP contribution in [-0.4, -0.2) is 31.1 Å². The molecule has 5 nitrogen and oxygen atoms in total. The molecule has 1 fully saturated rings. The third-order valence-electron chi connectivity index (χ3n) is 4.94. The summed E-state index contributed by atoms with van der Waals surface area (Å²) in [6.45, 7) is 3.99. The van der Waals surface area contributed by atoms with Gasteiger partial charge >= 0.3 is 0 Å². The number of amides is 1. The van der Waals surface area contributed by atoms with Gasteiger partial charge in [-0.05, 0) is 56.1 Å². The molecule has 2 aromatic rings. The zero-order valence-electron chi connectivity index (χ0n) is 16.1. The molecule has 0 bridgehead atoms. The molecule has 146 valence electrons. The molecule has 0 radical (unpaired) electrons. The molecule has 1 aromatic carbocycles. The SMILES string of the molecule is COc1cc(CN2CCCCC[C@H]2c2ccc(C)s2)ccc1OCC(N)=O. The predicted octanol–water partition coefficient (Wildman–Crippen LogP) is 4.05. The first-order valence-corrected chi connectivity index (χ1v) is 10.3. The van der Waals surface area contributed by atoms with Crippen LogP contribution < -0.4 is 15.2 Å². The van der Waals surface area contributed by atoms with Gasteiger partial charge in [-0.2, -0.15) is 0 Å². The van der Waals surface area contributed by atoms with E-state index >= 15 is 0 Å². The summed E-state index contributed by atoms with van der Waals surface area (Å²) in [4.78, 5) is 16.4. The lowest BCUT2D eigenvalue weighted by Crippen LogP contribution is -2.27. The molecular weight excluding hydrogens is 360 g/mol. The van der Waals surface area contributed by atoms with E-state index in [1.165, 1.54) is 41.0 Å². The lowest BCUT2D eigenvalue weighted by molar-refractivity contribution is -0.119. The van der Waals surface area contributed by atoms with E-state index in [2.05, 4.69) is 24.0 Å². The van der Waals surface area contributed by atoms with Crippen molar-refractivity contribution in [1.29, 1.82) is 0 Å². The number of primary amides is 1. The molecule has 0 saturated carbocycles. The van der Waals surface area contributed by atoms with Gasteiger partial charge in [0.25, 0.3) is 5.91 Å². The first-order chi connectivity index (χ1) is 13.1. The Bertz CT molecular complexity index is 775. The number of aryl methyl sites for hydroxylation is 1. The third kappa shape index (κ3) is 5.23. The number of rotatable bonds is 7. The van der Waals surface area contributed by atoms with Gasteiger partial charge in [0.2, 0.25) is 0 Å². The quantitative estimate of drug-likeness (QED) is 0.777. The van der Waals surface area contributed by atoms with E-state index in [-0.39, 0.29) is 6.61 Å². The Balaban J connectivity index is 1.77. The average molecular weight is 389 g/mol. The zero-order chi connectivity index (χ0) is 19.2. The summed E-state index contributed by atoms with van der Waals surface area (Å²) in [5.74, 6) is 0.674. The van der Waals surface area contributed by atoms with Gasteiger partial charge in [0.05, 0.1) is 7.11 Å². The van der Waals surface area contributed by atoms with Crippen LogP contribution in [0.5, 0.6) is 11.5 Å². The van der Waals surface area contributed by atoms with Crippen molar-refractivity contribution in [1.82, 2.24) is 4.90 Å². The molecule has 1 aliphatic rings. The van der Waals surface area contributed by atoms with E-state index in [0.717, 1.165) is 13.1 Å². The van der Waals surface area contributed by atoms with Crippen LogP contribution in [0.2, 0.25) is 0 Å². The Morgan fingerprint density at radius 2 is 2.07 bits per heavy atom. The second-order valence-electron chi connectivity index (χ2n) is 7.02. The van der Waals surface area contributed by atoms with Gasteiger partial charge < -0.3 is 15.2 Å². The van der Waals surface area contributed by atoms with Gasteiger partial charge in [-0.1, -0.05) is 18.9 Å². The Kier molecular flexibility index (Phi) is 6.74. The number of likely N-dealkylation sites (tertiary alicyclic amines) is 1. The number of nitrogens with zero attached hydrogens (tertiary/aromatic N) is 1. The van der Waals surface area contributed by atoms with Gasteiger partial charge in [0, 0.05) is 22.3 Å². The predicted molar refractivity (Wildman–Crippen MR) is 108 cm³/mol. The summed E-state index contributed by atoms with van der Waals surface area (Å²) in [5.41, 5.74) is 6.34. The Hall–Kier alpha value is -2.05. The third-order valence-corrected chi connectivity index (χ3v) is 6.04. The number of hydrogen-bond donors (Lipinski definition) is 1. The van der Waals surface area contributed by atoms with Crippen molar-refractivity contribution in [3.63, 3.8) is 0 Å². The van der Waals surface area contributed by atoms with Crippen LogP contribution in [0.3, 0.4) is 0 Å². The van der Waals surface area contributed by atoms with Crippen LogP contribution in [0.1, 0.15) is 47.0 Å². The molecule has 1 atom stereocenters. The second kappa shape index (κ2) is 9.24. The van der Waals surface area contributed by atoms with Crippen LogP contribution in [0, 0.1) is 6.92 Å². The van der Waals surface area contributed by atoms with Crippen molar-refractivity contribution >= 4 is 17.2 Å². The average Bonchev–Trinajstić information content (AvgIpc) is 2.95. The molecule has 1 saturated heterocycles. The lowest BCUT2D eigenvalue weighted by Gasteiger charge is -2.29. The van der Waals surface area contributed by atoms with E-state index in [1.54, 1.807) is 7.11 Å². The number of ether oxygens (including phenoxy) is 2. The Morgan fingerprint density at radius 3 is 2.78 bits per heavy atom. The first-order valence-electron chi connectivity index (χ1n) is 9.45. The van der Waals surface area contributed by atoms with Gasteiger partial charge in [0.15, 0.2) is 18.1 Å². The number of carbonyl (C=O) groups is 1. The highest BCUT2D eigenvalue weighted by atomic mass is 32.1. The molecule has 3 rings (SSSR count). The highest BCUT2D eigenvalue weighted by molar-refractivity contribution is 7.12. The topological polar surface area (TPSA) is 64.8 Å². The second-order valence-corrected chi connectivity index (χ2v) is 8.34. The van der Waals surface area contributed by atoms with Gasteiger partial charge in [-0.3, -0.25) is 9.69 Å². The zero-order valence-corrected chi connectivity index (χ0v) is 16.9. The Labute approximate surface area is 165 Å². The maximum Gasteiger partial charge on any atom is 0.255 e. The van der Waals surface area contributed by atoms with Crippen LogP contribution in [-0.2, 0) is 11.3 Å². The van der Waals surface area contributed by atoms with Crippen LogP contribution >= 0.6 is 11.3 Å². The number of hydrogen-bond acceptors (Lipinski definition) is 5. The van der Waals surface area contributed by atoms with Crippen LogP contribution in [0.25, 0.3) is 0 Å². The molecule has 1 aromatic heterocycles. The van der Waals surface area contributed by atoms with E-state index in [0.29, 0.717) is 17.5 Å². The minimum atomic E-state index is -0.500. The normalized spacial score (nSPS) is 18.1. The number of methoxy groups -OCH3 is 1. The molecule has 1 aliphatic heterocycles. The molecule has 0 aliphatic carbocycles.